The molecule has 0 saturated carbocycles. The maximum Gasteiger partial charge on any atom is 0.261 e. The Morgan fingerprint density at radius 3 is 1.34 bits per heavy atom. The third kappa shape index (κ3) is 5.63. The van der Waals surface area contributed by atoms with Gasteiger partial charge in [-0.2, -0.15) is 0 Å². The number of carbonyl (C=O) groups is 2. The molecule has 0 aromatic carbocycles. The minimum Gasteiger partial charge on any atom is -0.391 e. The van der Waals surface area contributed by atoms with Gasteiger partial charge >= 0.3 is 0 Å². The molecule has 0 bridgehead atoms. The van der Waals surface area contributed by atoms with E-state index in [0.717, 1.165) is 101 Å². The lowest BCUT2D eigenvalue weighted by Gasteiger charge is -2.29. The SMILES string of the molecule is CCCCC(CC)CN1C(=O)C2=C(c3cc4sc(N)cc4s3)N(CC(CC)CCCC)C(=O)C2=C1c1cc2sc(N)cc2s1. The predicted octanol–water partition coefficient (Wildman–Crippen LogP) is 9.64. The molecule has 2 amide bonds. The van der Waals surface area contributed by atoms with Gasteiger partial charge in [0.25, 0.3) is 11.8 Å². The molecule has 2 aliphatic rings. The molecule has 0 saturated heterocycles. The van der Waals surface area contributed by atoms with Gasteiger partial charge in [0.15, 0.2) is 0 Å². The number of rotatable bonds is 14. The van der Waals surface area contributed by atoms with Crippen LogP contribution in [-0.4, -0.2) is 34.7 Å². The molecule has 0 radical (unpaired) electrons. The average molecular weight is 667 g/mol. The van der Waals surface area contributed by atoms with Gasteiger partial charge in [0.1, 0.15) is 0 Å². The summed E-state index contributed by atoms with van der Waals surface area (Å²) in [5, 5.41) is 1.56. The van der Waals surface area contributed by atoms with Gasteiger partial charge in [-0.15, -0.1) is 45.3 Å². The lowest BCUT2D eigenvalue weighted by molar-refractivity contribution is -0.124. The highest BCUT2D eigenvalue weighted by Crippen LogP contribution is 2.51. The minimum absolute atomic E-state index is 0.0371. The highest BCUT2D eigenvalue weighted by Gasteiger charge is 2.50. The summed E-state index contributed by atoms with van der Waals surface area (Å²) in [5.41, 5.74) is 15.0. The van der Waals surface area contributed by atoms with Crippen molar-refractivity contribution >= 4 is 97.4 Å². The van der Waals surface area contributed by atoms with Gasteiger partial charge in [-0.05, 0) is 48.9 Å². The fraction of sp³-hybridized carbons (Fsp3) is 0.471. The van der Waals surface area contributed by atoms with Crippen LogP contribution in [0.3, 0.4) is 0 Å². The predicted molar refractivity (Wildman–Crippen MR) is 192 cm³/mol. The van der Waals surface area contributed by atoms with Crippen LogP contribution in [0.4, 0.5) is 10.0 Å². The van der Waals surface area contributed by atoms with Crippen LogP contribution < -0.4 is 11.5 Å². The first kappa shape index (κ1) is 31.3. The van der Waals surface area contributed by atoms with Crippen molar-refractivity contribution in [1.29, 1.82) is 0 Å². The highest BCUT2D eigenvalue weighted by molar-refractivity contribution is 7.30. The van der Waals surface area contributed by atoms with Crippen LogP contribution in [-0.2, 0) is 9.59 Å². The van der Waals surface area contributed by atoms with E-state index in [4.69, 9.17) is 11.5 Å². The Morgan fingerprint density at radius 2 is 1.00 bits per heavy atom. The number of carbonyl (C=O) groups excluding carboxylic acids is 2. The Hall–Kier alpha value is -2.66. The third-order valence-corrected chi connectivity index (χ3v) is 13.3. The van der Waals surface area contributed by atoms with Crippen LogP contribution >= 0.6 is 45.3 Å². The number of amides is 2. The summed E-state index contributed by atoms with van der Waals surface area (Å²) in [6, 6.07) is 8.28. The molecule has 2 unspecified atom stereocenters. The number of hydrogen-bond donors (Lipinski definition) is 2. The van der Waals surface area contributed by atoms with E-state index < -0.39 is 0 Å². The van der Waals surface area contributed by atoms with Gasteiger partial charge in [-0.25, -0.2) is 0 Å². The number of nitrogens with two attached hydrogens (primary N) is 2. The van der Waals surface area contributed by atoms with Crippen LogP contribution in [0.15, 0.2) is 35.4 Å². The highest BCUT2D eigenvalue weighted by atomic mass is 32.1. The first-order valence-electron chi connectivity index (χ1n) is 16.0. The molecule has 0 fully saturated rings. The zero-order valence-electron chi connectivity index (χ0n) is 26.0. The topological polar surface area (TPSA) is 92.7 Å². The fourth-order valence-electron chi connectivity index (χ4n) is 6.55. The molecule has 2 aliphatic heterocycles. The molecule has 4 N–H and O–H groups in total. The molecule has 234 valence electrons. The van der Waals surface area contributed by atoms with Crippen molar-refractivity contribution in [3.63, 3.8) is 0 Å². The second-order valence-electron chi connectivity index (χ2n) is 12.1. The van der Waals surface area contributed by atoms with Crippen LogP contribution in [0.2, 0.25) is 0 Å². The Balaban J connectivity index is 1.53. The molecular formula is C34H42N4O2S4. The van der Waals surface area contributed by atoms with Crippen LogP contribution in [0.5, 0.6) is 0 Å². The van der Waals surface area contributed by atoms with Crippen molar-refractivity contribution in [2.75, 3.05) is 24.6 Å². The molecule has 4 aromatic heterocycles. The Morgan fingerprint density at radius 1 is 0.614 bits per heavy atom. The van der Waals surface area contributed by atoms with E-state index in [0.29, 0.717) is 36.1 Å². The minimum atomic E-state index is -0.0371. The summed E-state index contributed by atoms with van der Waals surface area (Å²) in [7, 11) is 0. The molecule has 0 spiro atoms. The van der Waals surface area contributed by atoms with Crippen LogP contribution in [0.1, 0.15) is 88.8 Å². The molecule has 6 heterocycles. The normalized spacial score (nSPS) is 16.9. The van der Waals surface area contributed by atoms with E-state index in [1.165, 1.54) is 0 Å². The molecule has 0 aliphatic carbocycles. The molecule has 10 heteroatoms. The number of fused-ring (bicyclic) bond motifs is 3. The molecule has 2 atom stereocenters. The lowest BCUT2D eigenvalue weighted by atomic mass is 9.98. The second-order valence-corrected chi connectivity index (χ2v) is 16.5. The first-order valence-corrected chi connectivity index (χ1v) is 19.2. The zero-order valence-corrected chi connectivity index (χ0v) is 29.3. The van der Waals surface area contributed by atoms with Gasteiger partial charge in [0, 0.05) is 31.9 Å². The van der Waals surface area contributed by atoms with Gasteiger partial charge in [0.2, 0.25) is 0 Å². The van der Waals surface area contributed by atoms with E-state index >= 15 is 0 Å². The van der Waals surface area contributed by atoms with E-state index in [1.807, 2.05) is 21.9 Å². The number of unbranched alkanes of at least 4 members (excludes halogenated alkanes) is 2. The molecule has 6 nitrogen and oxygen atoms in total. The van der Waals surface area contributed by atoms with E-state index in [-0.39, 0.29) is 11.8 Å². The Labute approximate surface area is 276 Å². The van der Waals surface area contributed by atoms with Crippen LogP contribution in [0.25, 0.3) is 30.2 Å². The zero-order chi connectivity index (χ0) is 31.1. The maximum atomic E-state index is 14.7. The summed E-state index contributed by atoms with van der Waals surface area (Å²) in [6.45, 7) is 10.1. The standard InChI is InChI=1S/C34H42N4O2S4/c1-5-9-11-19(7-3)17-37-31(25-13-21-23(41-25)15-27(35)43-21)29-30(33(37)39)32(26-14-22-24(42-26)16-28(36)44-22)38(34(29)40)18-20(8-4)12-10-6-2/h13-16,19-20H,5-12,17-18,35-36H2,1-4H3. The number of hydrogen-bond acceptors (Lipinski definition) is 8. The summed E-state index contributed by atoms with van der Waals surface area (Å²) in [4.78, 5) is 35.3. The molecule has 4 aromatic rings. The number of thiophene rings is 4. The Bertz CT molecular complexity index is 1580. The monoisotopic (exact) mass is 666 g/mol. The number of nitrogens with zero attached hydrogens (tertiary/aromatic N) is 2. The molecule has 6 rings (SSSR count). The third-order valence-electron chi connectivity index (χ3n) is 9.07. The smallest absolute Gasteiger partial charge is 0.261 e. The average Bonchev–Trinajstić information content (AvgIpc) is 3.81. The molecule has 44 heavy (non-hydrogen) atoms. The van der Waals surface area contributed by atoms with Crippen molar-refractivity contribution in [3.8, 4) is 0 Å². The summed E-state index contributed by atoms with van der Waals surface area (Å²) in [5.74, 6) is 0.664. The summed E-state index contributed by atoms with van der Waals surface area (Å²) in [6.07, 6.45) is 8.64. The largest absolute Gasteiger partial charge is 0.391 e. The first-order chi connectivity index (χ1) is 21.3. The van der Waals surface area contributed by atoms with Crippen molar-refractivity contribution in [1.82, 2.24) is 9.80 Å². The van der Waals surface area contributed by atoms with Gasteiger partial charge < -0.3 is 21.3 Å². The van der Waals surface area contributed by atoms with Gasteiger partial charge in [0.05, 0.1) is 42.3 Å². The quantitative estimate of drug-likeness (QED) is 0.140. The number of anilines is 2. The summed E-state index contributed by atoms with van der Waals surface area (Å²) >= 11 is 6.39. The maximum absolute atomic E-state index is 14.7. The summed E-state index contributed by atoms with van der Waals surface area (Å²) < 4.78 is 4.40. The number of nitrogen functional groups attached to an aromatic ring is 2. The van der Waals surface area contributed by atoms with Crippen LogP contribution in [0, 0.1) is 11.8 Å². The van der Waals surface area contributed by atoms with Crippen molar-refractivity contribution in [2.45, 2.75) is 79.1 Å². The Kier molecular flexibility index (Phi) is 9.25. The molecular weight excluding hydrogens is 625 g/mol. The van der Waals surface area contributed by atoms with E-state index in [9.17, 15) is 9.59 Å². The van der Waals surface area contributed by atoms with Crippen molar-refractivity contribution < 1.29 is 9.59 Å². The fourth-order valence-corrected chi connectivity index (χ4v) is 11.0. The lowest BCUT2D eigenvalue weighted by Crippen LogP contribution is -2.34. The van der Waals surface area contributed by atoms with Crippen molar-refractivity contribution in [2.24, 2.45) is 11.8 Å². The van der Waals surface area contributed by atoms with E-state index in [2.05, 4.69) is 39.8 Å². The second kappa shape index (κ2) is 13.0. The van der Waals surface area contributed by atoms with Crippen molar-refractivity contribution in [3.05, 3.63) is 45.2 Å². The van der Waals surface area contributed by atoms with Gasteiger partial charge in [-0.3, -0.25) is 9.59 Å². The van der Waals surface area contributed by atoms with E-state index in [1.54, 1.807) is 45.3 Å². The van der Waals surface area contributed by atoms with Gasteiger partial charge in [-0.1, -0.05) is 66.2 Å².